The van der Waals surface area contributed by atoms with Gasteiger partial charge in [-0.25, -0.2) is 0 Å². The lowest BCUT2D eigenvalue weighted by Gasteiger charge is -2.13. The van der Waals surface area contributed by atoms with Gasteiger partial charge in [-0.2, -0.15) is 0 Å². The summed E-state index contributed by atoms with van der Waals surface area (Å²) in [5.74, 6) is 2.25. The number of benzene rings is 2. The monoisotopic (exact) mass is 408 g/mol. The minimum Gasteiger partial charge on any atom is -0.490 e. The Labute approximate surface area is 175 Å². The lowest BCUT2D eigenvalue weighted by molar-refractivity contribution is 0.105. The van der Waals surface area contributed by atoms with E-state index in [0.717, 1.165) is 33.3 Å². The number of hydrogen-bond acceptors (Lipinski definition) is 5. The average Bonchev–Trinajstić information content (AvgIpc) is 3.28. The molecule has 150 valence electrons. The third-order valence-electron chi connectivity index (χ3n) is 4.08. The SMILES string of the molecule is CCOc1ccc(COc2ccc(/C=C/C(=O)c3cccs3)cc2)cc1OCC. The summed E-state index contributed by atoms with van der Waals surface area (Å²) in [4.78, 5) is 12.8. The molecular weight excluding hydrogens is 384 g/mol. The van der Waals surface area contributed by atoms with Crippen LogP contribution in [0.5, 0.6) is 17.2 Å². The molecule has 0 aliphatic carbocycles. The Balaban J connectivity index is 1.58. The molecule has 3 rings (SSSR count). The smallest absolute Gasteiger partial charge is 0.195 e. The van der Waals surface area contributed by atoms with Crippen molar-refractivity contribution in [2.75, 3.05) is 13.2 Å². The molecule has 5 heteroatoms. The van der Waals surface area contributed by atoms with E-state index in [0.29, 0.717) is 19.8 Å². The van der Waals surface area contributed by atoms with Crippen LogP contribution in [0, 0.1) is 0 Å². The number of thiophene rings is 1. The van der Waals surface area contributed by atoms with Crippen molar-refractivity contribution in [2.45, 2.75) is 20.5 Å². The molecule has 3 aromatic rings. The van der Waals surface area contributed by atoms with Gasteiger partial charge in [0.15, 0.2) is 17.3 Å². The van der Waals surface area contributed by atoms with Gasteiger partial charge in [-0.3, -0.25) is 4.79 Å². The summed E-state index contributed by atoms with van der Waals surface area (Å²) in [6.07, 6.45) is 3.41. The predicted octanol–water partition coefficient (Wildman–Crippen LogP) is 6.02. The minimum atomic E-state index is 0.0147. The highest BCUT2D eigenvalue weighted by Gasteiger charge is 2.07. The number of ketones is 1. The summed E-state index contributed by atoms with van der Waals surface area (Å²) in [6, 6.07) is 17.2. The molecule has 0 radical (unpaired) electrons. The van der Waals surface area contributed by atoms with Crippen LogP contribution in [0.3, 0.4) is 0 Å². The van der Waals surface area contributed by atoms with Crippen LogP contribution in [0.15, 0.2) is 66.1 Å². The molecule has 0 unspecified atom stereocenters. The second-order valence-electron chi connectivity index (χ2n) is 6.18. The second-order valence-corrected chi connectivity index (χ2v) is 7.13. The molecule has 1 heterocycles. The molecule has 4 nitrogen and oxygen atoms in total. The Morgan fingerprint density at radius 1 is 0.931 bits per heavy atom. The topological polar surface area (TPSA) is 44.8 Å². The van der Waals surface area contributed by atoms with Crippen molar-refractivity contribution >= 4 is 23.2 Å². The molecule has 0 N–H and O–H groups in total. The van der Waals surface area contributed by atoms with E-state index < -0.39 is 0 Å². The summed E-state index contributed by atoms with van der Waals surface area (Å²) < 4.78 is 17.1. The van der Waals surface area contributed by atoms with Crippen LogP contribution in [-0.2, 0) is 6.61 Å². The fourth-order valence-electron chi connectivity index (χ4n) is 2.70. The fraction of sp³-hybridized carbons (Fsp3) is 0.208. The zero-order chi connectivity index (χ0) is 20.5. The third-order valence-corrected chi connectivity index (χ3v) is 4.97. The molecule has 0 aliphatic heterocycles. The molecule has 0 fully saturated rings. The van der Waals surface area contributed by atoms with Gasteiger partial charge in [0.2, 0.25) is 0 Å². The van der Waals surface area contributed by atoms with Gasteiger partial charge in [0, 0.05) is 0 Å². The normalized spacial score (nSPS) is 10.8. The van der Waals surface area contributed by atoms with Gasteiger partial charge < -0.3 is 14.2 Å². The van der Waals surface area contributed by atoms with Crippen molar-refractivity contribution in [2.24, 2.45) is 0 Å². The van der Waals surface area contributed by atoms with Crippen LogP contribution < -0.4 is 14.2 Å². The molecule has 0 saturated heterocycles. The molecular formula is C24H24O4S. The first-order valence-electron chi connectivity index (χ1n) is 9.57. The number of ether oxygens (including phenoxy) is 3. The first-order chi connectivity index (χ1) is 14.2. The summed E-state index contributed by atoms with van der Waals surface area (Å²) in [6.45, 7) is 5.50. The van der Waals surface area contributed by atoms with E-state index >= 15 is 0 Å². The Hall–Kier alpha value is -3.05. The maximum absolute atomic E-state index is 12.0. The summed E-state index contributed by atoms with van der Waals surface area (Å²) in [7, 11) is 0. The van der Waals surface area contributed by atoms with Crippen molar-refractivity contribution in [3.63, 3.8) is 0 Å². The van der Waals surface area contributed by atoms with Gasteiger partial charge in [-0.05, 0) is 66.8 Å². The molecule has 0 amide bonds. The van der Waals surface area contributed by atoms with Gasteiger partial charge in [0.25, 0.3) is 0 Å². The summed E-state index contributed by atoms with van der Waals surface area (Å²) in [5.41, 5.74) is 1.95. The second kappa shape index (κ2) is 10.5. The molecule has 0 aliphatic rings. The fourth-order valence-corrected chi connectivity index (χ4v) is 3.35. The van der Waals surface area contributed by atoms with Crippen LogP contribution in [-0.4, -0.2) is 19.0 Å². The van der Waals surface area contributed by atoms with E-state index in [-0.39, 0.29) is 5.78 Å². The number of carbonyl (C=O) groups is 1. The van der Waals surface area contributed by atoms with Crippen molar-refractivity contribution < 1.29 is 19.0 Å². The van der Waals surface area contributed by atoms with Crippen molar-refractivity contribution in [1.29, 1.82) is 0 Å². The van der Waals surface area contributed by atoms with Crippen molar-refractivity contribution in [3.05, 3.63) is 82.1 Å². The van der Waals surface area contributed by atoms with E-state index in [1.165, 1.54) is 11.3 Å². The number of allylic oxidation sites excluding steroid dienone is 1. The largest absolute Gasteiger partial charge is 0.490 e. The van der Waals surface area contributed by atoms with Crippen molar-refractivity contribution in [1.82, 2.24) is 0 Å². The average molecular weight is 409 g/mol. The zero-order valence-electron chi connectivity index (χ0n) is 16.6. The van der Waals surface area contributed by atoms with Gasteiger partial charge in [-0.15, -0.1) is 11.3 Å². The molecule has 29 heavy (non-hydrogen) atoms. The highest BCUT2D eigenvalue weighted by atomic mass is 32.1. The van der Waals surface area contributed by atoms with Crippen LogP contribution in [0.4, 0.5) is 0 Å². The minimum absolute atomic E-state index is 0.0147. The standard InChI is InChI=1S/C24H24O4S/c1-3-26-22-14-10-19(16-23(22)27-4-2)17-28-20-11-7-18(8-12-20)9-13-21(25)24-6-5-15-29-24/h5-16H,3-4,17H2,1-2H3/b13-9+. The van der Waals surface area contributed by atoms with Gasteiger partial charge in [0.05, 0.1) is 18.1 Å². The molecule has 0 bridgehead atoms. The maximum atomic E-state index is 12.0. The van der Waals surface area contributed by atoms with Crippen molar-refractivity contribution in [3.8, 4) is 17.2 Å². The Bertz CT molecular complexity index is 944. The molecule has 0 spiro atoms. The van der Waals surface area contributed by atoms with E-state index in [4.69, 9.17) is 14.2 Å². The summed E-state index contributed by atoms with van der Waals surface area (Å²) >= 11 is 1.44. The number of carbonyl (C=O) groups excluding carboxylic acids is 1. The molecule has 2 aromatic carbocycles. The first-order valence-corrected chi connectivity index (χ1v) is 10.4. The van der Waals surface area contributed by atoms with Gasteiger partial charge in [0.1, 0.15) is 12.4 Å². The summed E-state index contributed by atoms with van der Waals surface area (Å²) in [5, 5.41) is 1.90. The Kier molecular flexibility index (Phi) is 7.47. The first kappa shape index (κ1) is 20.7. The van der Waals surface area contributed by atoms with E-state index in [2.05, 4.69) is 0 Å². The number of rotatable bonds is 10. The Morgan fingerprint density at radius 2 is 1.69 bits per heavy atom. The molecule has 1 aromatic heterocycles. The lowest BCUT2D eigenvalue weighted by Crippen LogP contribution is -2.01. The Morgan fingerprint density at radius 3 is 2.38 bits per heavy atom. The van der Waals surface area contributed by atoms with Crippen LogP contribution >= 0.6 is 11.3 Å². The van der Waals surface area contributed by atoms with Crippen LogP contribution in [0.25, 0.3) is 6.08 Å². The van der Waals surface area contributed by atoms with Gasteiger partial charge >= 0.3 is 0 Å². The molecule has 0 saturated carbocycles. The lowest BCUT2D eigenvalue weighted by atomic mass is 10.1. The zero-order valence-corrected chi connectivity index (χ0v) is 17.4. The van der Waals surface area contributed by atoms with Crippen LogP contribution in [0.1, 0.15) is 34.6 Å². The quantitative estimate of drug-likeness (QED) is 0.304. The maximum Gasteiger partial charge on any atom is 0.195 e. The van der Waals surface area contributed by atoms with E-state index in [9.17, 15) is 4.79 Å². The van der Waals surface area contributed by atoms with Crippen LogP contribution in [0.2, 0.25) is 0 Å². The third kappa shape index (κ3) is 5.96. The predicted molar refractivity (Wildman–Crippen MR) is 117 cm³/mol. The molecule has 0 atom stereocenters. The van der Waals surface area contributed by atoms with E-state index in [1.807, 2.05) is 79.9 Å². The van der Waals surface area contributed by atoms with E-state index in [1.54, 1.807) is 6.08 Å². The highest BCUT2D eigenvalue weighted by molar-refractivity contribution is 7.12. The highest BCUT2D eigenvalue weighted by Crippen LogP contribution is 2.29. The van der Waals surface area contributed by atoms with Gasteiger partial charge in [-0.1, -0.05) is 30.3 Å². The number of hydrogen-bond donors (Lipinski definition) is 0.